The second-order valence-corrected chi connectivity index (χ2v) is 15.9. The average molecular weight is 560 g/mol. The van der Waals surface area contributed by atoms with Gasteiger partial charge in [-0.2, -0.15) is 0 Å². The van der Waals surface area contributed by atoms with Gasteiger partial charge < -0.3 is 27.1 Å². The second kappa shape index (κ2) is 15.3. The van der Waals surface area contributed by atoms with E-state index in [4.69, 9.17) is 27.1 Å². The third-order valence-electron chi connectivity index (χ3n) is 7.27. The van der Waals surface area contributed by atoms with E-state index in [1.165, 1.54) is 28.4 Å². The minimum Gasteiger partial charge on any atom is -0.319 e. The van der Waals surface area contributed by atoms with Crippen LogP contribution in [0.1, 0.15) is 72.1 Å². The molecular weight excluding hydrogens is 511 g/mol. The molecule has 0 aromatic heterocycles. The Morgan fingerprint density at radius 2 is 1.06 bits per heavy atom. The van der Waals surface area contributed by atoms with Gasteiger partial charge in [-0.05, 0) is 77.0 Å². The summed E-state index contributed by atoms with van der Waals surface area (Å²) in [6.45, 7) is 7.37. The molecule has 0 amide bonds. The number of nitrogens with zero attached hydrogens (tertiary/aromatic N) is 1. The van der Waals surface area contributed by atoms with Crippen molar-refractivity contribution in [1.82, 2.24) is 4.67 Å². The molecule has 0 aromatic rings. The Morgan fingerprint density at radius 1 is 0.714 bits per heavy atom. The van der Waals surface area contributed by atoms with Crippen LogP contribution in [0.2, 0.25) is 0 Å². The highest BCUT2D eigenvalue weighted by molar-refractivity contribution is 7.54. The van der Waals surface area contributed by atoms with Crippen molar-refractivity contribution < 1.29 is 36.3 Å². The van der Waals surface area contributed by atoms with Crippen LogP contribution < -0.4 is 0 Å². The van der Waals surface area contributed by atoms with Gasteiger partial charge in [-0.15, -0.1) is 0 Å². The van der Waals surface area contributed by atoms with E-state index in [0.29, 0.717) is 30.2 Å². The lowest BCUT2D eigenvalue weighted by molar-refractivity contribution is 0.0661. The van der Waals surface area contributed by atoms with E-state index in [1.807, 2.05) is 0 Å². The monoisotopic (exact) mass is 559 g/mol. The molecular formula is C23H48NO8P3. The normalized spacial score (nSPS) is 27.5. The van der Waals surface area contributed by atoms with Crippen LogP contribution in [0.4, 0.5) is 0 Å². The fourth-order valence-electron chi connectivity index (χ4n) is 4.99. The van der Waals surface area contributed by atoms with E-state index in [-0.39, 0.29) is 12.2 Å². The average Bonchev–Trinajstić information content (AvgIpc) is 2.86. The van der Waals surface area contributed by atoms with Gasteiger partial charge in [0.1, 0.15) is 0 Å². The summed E-state index contributed by atoms with van der Waals surface area (Å²) in [4.78, 5) is 0. The van der Waals surface area contributed by atoms with Crippen molar-refractivity contribution in [2.45, 2.75) is 90.4 Å². The maximum Gasteiger partial charge on any atom is 0.330 e. The van der Waals surface area contributed by atoms with Crippen LogP contribution in [-0.2, 0) is 36.3 Å². The van der Waals surface area contributed by atoms with Crippen LogP contribution in [0.15, 0.2) is 0 Å². The van der Waals surface area contributed by atoms with Gasteiger partial charge in [-0.25, -0.2) is 4.67 Å². The fourth-order valence-corrected chi connectivity index (χ4v) is 9.71. The Bertz CT molecular complexity index is 630. The lowest BCUT2D eigenvalue weighted by Crippen LogP contribution is -2.32. The van der Waals surface area contributed by atoms with Crippen LogP contribution in [0.5, 0.6) is 0 Å². The molecule has 2 aliphatic rings. The molecule has 208 valence electrons. The standard InChI is InChI=1S/C23H48NO8P3/c1-8-24(19(2)3)33(31-22-13-9-20(10-14-22)17-34(25,27-4)28-5)32-23-15-11-21(12-16-23)18-35(26,29-6)30-7/h19-23H,8-18H2,1-7H3. The van der Waals surface area contributed by atoms with Crippen molar-refractivity contribution in [3.63, 3.8) is 0 Å². The molecule has 9 nitrogen and oxygen atoms in total. The highest BCUT2D eigenvalue weighted by Crippen LogP contribution is 2.54. The van der Waals surface area contributed by atoms with Crippen LogP contribution >= 0.6 is 23.7 Å². The minimum atomic E-state index is -2.98. The summed E-state index contributed by atoms with van der Waals surface area (Å²) < 4.78 is 61.1. The van der Waals surface area contributed by atoms with Crippen LogP contribution in [0.3, 0.4) is 0 Å². The summed E-state index contributed by atoms with van der Waals surface area (Å²) in [7, 11) is -1.32. The zero-order valence-corrected chi connectivity index (χ0v) is 25.4. The van der Waals surface area contributed by atoms with Gasteiger partial charge in [0.25, 0.3) is 8.53 Å². The molecule has 0 unspecified atom stereocenters. The van der Waals surface area contributed by atoms with Gasteiger partial charge in [-0.1, -0.05) is 6.92 Å². The first kappa shape index (κ1) is 31.8. The molecule has 0 radical (unpaired) electrons. The summed E-state index contributed by atoms with van der Waals surface area (Å²) in [6.07, 6.45) is 8.69. The van der Waals surface area contributed by atoms with Crippen LogP contribution in [-0.4, -0.2) is 70.2 Å². The maximum absolute atomic E-state index is 12.5. The smallest absolute Gasteiger partial charge is 0.319 e. The zero-order chi connectivity index (χ0) is 26.1. The van der Waals surface area contributed by atoms with Gasteiger partial charge in [0, 0.05) is 41.0 Å². The maximum atomic E-state index is 12.5. The SMILES string of the molecule is CCN(C(C)C)P(OC1CCC(CP(=O)(OC)OC)CC1)OC1CCC(CP(=O)(OC)OC)CC1. The summed E-state index contributed by atoms with van der Waals surface area (Å²) >= 11 is 0. The molecule has 12 heteroatoms. The van der Waals surface area contributed by atoms with E-state index >= 15 is 0 Å². The Kier molecular flexibility index (Phi) is 13.9. The van der Waals surface area contributed by atoms with E-state index in [1.54, 1.807) is 0 Å². The molecule has 2 rings (SSSR count). The van der Waals surface area contributed by atoms with Crippen LogP contribution in [0.25, 0.3) is 0 Å². The van der Waals surface area contributed by atoms with E-state index < -0.39 is 23.7 Å². The van der Waals surface area contributed by atoms with Crippen molar-refractivity contribution >= 4 is 23.7 Å². The zero-order valence-electron chi connectivity index (χ0n) is 22.7. The third kappa shape index (κ3) is 10.0. The van der Waals surface area contributed by atoms with E-state index in [2.05, 4.69) is 25.4 Å². The number of hydrogen-bond donors (Lipinski definition) is 0. The molecule has 2 fully saturated rings. The quantitative estimate of drug-likeness (QED) is 0.195. The molecule has 2 saturated carbocycles. The molecule has 0 spiro atoms. The Labute approximate surface area is 214 Å². The summed E-state index contributed by atoms with van der Waals surface area (Å²) in [5.74, 6) is 0.649. The molecule has 35 heavy (non-hydrogen) atoms. The van der Waals surface area contributed by atoms with Crippen LogP contribution in [0, 0.1) is 11.8 Å². The minimum absolute atomic E-state index is 0.139. The molecule has 0 atom stereocenters. The summed E-state index contributed by atoms with van der Waals surface area (Å²) in [6, 6.07) is 0.322. The highest BCUT2D eigenvalue weighted by atomic mass is 31.2. The number of hydrogen-bond acceptors (Lipinski definition) is 9. The molecule has 0 N–H and O–H groups in total. The van der Waals surface area contributed by atoms with Gasteiger partial charge in [-0.3, -0.25) is 9.13 Å². The molecule has 0 heterocycles. The molecule has 0 bridgehead atoms. The van der Waals surface area contributed by atoms with Crippen molar-refractivity contribution in [3.05, 3.63) is 0 Å². The Morgan fingerprint density at radius 3 is 1.31 bits per heavy atom. The second-order valence-electron chi connectivity index (χ2n) is 9.90. The first-order valence-corrected chi connectivity index (χ1v) is 17.5. The molecule has 0 aromatic carbocycles. The van der Waals surface area contributed by atoms with Crippen molar-refractivity contribution in [2.24, 2.45) is 11.8 Å². The fraction of sp³-hybridized carbons (Fsp3) is 1.00. The van der Waals surface area contributed by atoms with Crippen molar-refractivity contribution in [1.29, 1.82) is 0 Å². The first-order chi connectivity index (χ1) is 16.6. The van der Waals surface area contributed by atoms with Gasteiger partial charge in [0.05, 0.1) is 24.5 Å². The van der Waals surface area contributed by atoms with Crippen molar-refractivity contribution in [2.75, 3.05) is 47.3 Å². The highest BCUT2D eigenvalue weighted by Gasteiger charge is 2.36. The Balaban J connectivity index is 1.91. The molecule has 0 saturated heterocycles. The van der Waals surface area contributed by atoms with Gasteiger partial charge in [0.15, 0.2) is 0 Å². The first-order valence-electron chi connectivity index (χ1n) is 12.9. The predicted octanol–water partition coefficient (Wildman–Crippen LogP) is 7.07. The summed E-state index contributed by atoms with van der Waals surface area (Å²) in [5.41, 5.74) is 0. The summed E-state index contributed by atoms with van der Waals surface area (Å²) in [5, 5.41) is 0. The molecule has 0 aliphatic heterocycles. The predicted molar refractivity (Wildman–Crippen MR) is 141 cm³/mol. The van der Waals surface area contributed by atoms with E-state index in [0.717, 1.165) is 57.9 Å². The molecule has 2 aliphatic carbocycles. The van der Waals surface area contributed by atoms with Gasteiger partial charge >= 0.3 is 15.2 Å². The number of rotatable bonds is 15. The lowest BCUT2D eigenvalue weighted by atomic mass is 9.89. The van der Waals surface area contributed by atoms with E-state index in [9.17, 15) is 9.13 Å². The lowest BCUT2D eigenvalue weighted by Gasteiger charge is -2.39. The largest absolute Gasteiger partial charge is 0.330 e. The van der Waals surface area contributed by atoms with Gasteiger partial charge in [0.2, 0.25) is 0 Å². The Hall–Kier alpha value is 0.610. The third-order valence-corrected chi connectivity index (χ3v) is 13.5. The van der Waals surface area contributed by atoms with Crippen molar-refractivity contribution in [3.8, 4) is 0 Å². The topological polar surface area (TPSA) is 92.8 Å².